The largest absolute Gasteiger partial charge is 0.481 e. The number of carbonyl (C=O) groups excluding carboxylic acids is 1. The van der Waals surface area contributed by atoms with E-state index < -0.39 is 21.9 Å². The van der Waals surface area contributed by atoms with Crippen molar-refractivity contribution in [1.82, 2.24) is 5.32 Å². The summed E-state index contributed by atoms with van der Waals surface area (Å²) in [6.07, 6.45) is -0.189. The van der Waals surface area contributed by atoms with Gasteiger partial charge in [0.25, 0.3) is 15.9 Å². The molecule has 0 spiro atoms. The third kappa shape index (κ3) is 5.06. The minimum atomic E-state index is -3.87. The first-order valence-corrected chi connectivity index (χ1v) is 8.93. The van der Waals surface area contributed by atoms with Crippen LogP contribution in [-0.4, -0.2) is 31.9 Å². The molecule has 0 aliphatic heterocycles. The zero-order valence-corrected chi connectivity index (χ0v) is 14.3. The summed E-state index contributed by atoms with van der Waals surface area (Å²) in [5, 5.41) is 19.8. The fraction of sp³-hybridized carbons (Fsp3) is 0.118. The van der Waals surface area contributed by atoms with Crippen LogP contribution in [0.4, 0.5) is 5.69 Å². The first-order chi connectivity index (χ1) is 12.3. The van der Waals surface area contributed by atoms with Gasteiger partial charge in [-0.3, -0.25) is 14.3 Å². The van der Waals surface area contributed by atoms with Crippen LogP contribution >= 0.6 is 0 Å². The maximum absolute atomic E-state index is 12.3. The molecule has 0 aliphatic rings. The minimum Gasteiger partial charge on any atom is -0.481 e. The molecule has 3 N–H and O–H groups in total. The molecule has 134 valence electrons. The molecule has 0 unspecified atom stereocenters. The number of aliphatic carboxylic acids is 1. The SMILES string of the molecule is N#Cc1cccc(S(=O)(=O)Nc2ccc(C(=O)NCCC(=O)O)cc2)c1. The summed E-state index contributed by atoms with van der Waals surface area (Å²) < 4.78 is 27.0. The summed E-state index contributed by atoms with van der Waals surface area (Å²) in [6.45, 7) is -0.00220. The number of carboxylic acids is 1. The van der Waals surface area contributed by atoms with Crippen LogP contribution < -0.4 is 10.0 Å². The summed E-state index contributed by atoms with van der Waals surface area (Å²) in [4.78, 5) is 22.2. The van der Waals surface area contributed by atoms with Gasteiger partial charge in [0.1, 0.15) is 0 Å². The Morgan fingerprint density at radius 2 is 1.81 bits per heavy atom. The Morgan fingerprint density at radius 3 is 2.42 bits per heavy atom. The number of nitrogens with zero attached hydrogens (tertiary/aromatic N) is 1. The highest BCUT2D eigenvalue weighted by molar-refractivity contribution is 7.92. The number of benzene rings is 2. The highest BCUT2D eigenvalue weighted by atomic mass is 32.2. The van der Waals surface area contributed by atoms with Crippen molar-refractivity contribution in [1.29, 1.82) is 5.26 Å². The average Bonchev–Trinajstić information content (AvgIpc) is 2.61. The molecule has 0 fully saturated rings. The number of amides is 1. The molecule has 0 saturated heterocycles. The number of carboxylic acid groups (broad SMARTS) is 1. The lowest BCUT2D eigenvalue weighted by molar-refractivity contribution is -0.136. The zero-order valence-electron chi connectivity index (χ0n) is 13.5. The Labute approximate surface area is 150 Å². The second-order valence-corrected chi connectivity index (χ2v) is 6.90. The monoisotopic (exact) mass is 373 g/mol. The van der Waals surface area contributed by atoms with Gasteiger partial charge >= 0.3 is 5.97 Å². The van der Waals surface area contributed by atoms with Crippen LogP contribution in [0.1, 0.15) is 22.3 Å². The second kappa shape index (κ2) is 8.13. The van der Waals surface area contributed by atoms with Gasteiger partial charge in [-0.25, -0.2) is 8.42 Å². The quantitative estimate of drug-likeness (QED) is 0.674. The maximum Gasteiger partial charge on any atom is 0.305 e. The third-order valence-electron chi connectivity index (χ3n) is 3.30. The van der Waals surface area contributed by atoms with Gasteiger partial charge in [0.15, 0.2) is 0 Å². The average molecular weight is 373 g/mol. The third-order valence-corrected chi connectivity index (χ3v) is 4.68. The van der Waals surface area contributed by atoms with Gasteiger partial charge in [0, 0.05) is 17.8 Å². The summed E-state index contributed by atoms with van der Waals surface area (Å²) >= 11 is 0. The predicted octanol–water partition coefficient (Wildman–Crippen LogP) is 1.56. The Kier molecular flexibility index (Phi) is 5.93. The normalized spacial score (nSPS) is 10.6. The van der Waals surface area contributed by atoms with Crippen molar-refractivity contribution >= 4 is 27.6 Å². The molecule has 9 heteroatoms. The van der Waals surface area contributed by atoms with Gasteiger partial charge in [-0.15, -0.1) is 0 Å². The molecule has 1 amide bonds. The smallest absolute Gasteiger partial charge is 0.305 e. The molecule has 26 heavy (non-hydrogen) atoms. The van der Waals surface area contributed by atoms with E-state index in [1.807, 2.05) is 6.07 Å². The van der Waals surface area contributed by atoms with Gasteiger partial charge < -0.3 is 10.4 Å². The van der Waals surface area contributed by atoms with Crippen LogP contribution in [0, 0.1) is 11.3 Å². The minimum absolute atomic E-state index is 0.00220. The fourth-order valence-corrected chi connectivity index (χ4v) is 3.13. The van der Waals surface area contributed by atoms with Gasteiger partial charge in [-0.05, 0) is 42.5 Å². The van der Waals surface area contributed by atoms with Crippen molar-refractivity contribution in [3.8, 4) is 6.07 Å². The van der Waals surface area contributed by atoms with Crippen molar-refractivity contribution in [2.45, 2.75) is 11.3 Å². The fourth-order valence-electron chi connectivity index (χ4n) is 2.02. The highest BCUT2D eigenvalue weighted by Gasteiger charge is 2.15. The first kappa shape index (κ1) is 19.0. The summed E-state index contributed by atoms with van der Waals surface area (Å²) in [5.74, 6) is -1.47. The number of hydrogen-bond donors (Lipinski definition) is 3. The highest BCUT2D eigenvalue weighted by Crippen LogP contribution is 2.17. The van der Waals surface area contributed by atoms with E-state index in [2.05, 4.69) is 10.0 Å². The number of hydrogen-bond acceptors (Lipinski definition) is 5. The van der Waals surface area contributed by atoms with E-state index in [-0.39, 0.29) is 34.7 Å². The molecule has 0 aromatic heterocycles. The van der Waals surface area contributed by atoms with E-state index in [0.29, 0.717) is 0 Å². The molecule has 0 bridgehead atoms. The second-order valence-electron chi connectivity index (χ2n) is 5.22. The van der Waals surface area contributed by atoms with Crippen molar-refractivity contribution in [2.75, 3.05) is 11.3 Å². The topological polar surface area (TPSA) is 136 Å². The molecule has 0 saturated carbocycles. The maximum atomic E-state index is 12.3. The molecule has 2 aromatic rings. The predicted molar refractivity (Wildman–Crippen MR) is 93.0 cm³/mol. The lowest BCUT2D eigenvalue weighted by atomic mass is 10.2. The molecule has 2 rings (SSSR count). The summed E-state index contributed by atoms with van der Waals surface area (Å²) in [5.41, 5.74) is 0.737. The number of nitriles is 1. The molecule has 0 atom stereocenters. The first-order valence-electron chi connectivity index (χ1n) is 7.45. The van der Waals surface area contributed by atoms with E-state index in [9.17, 15) is 18.0 Å². The molecule has 8 nitrogen and oxygen atoms in total. The van der Waals surface area contributed by atoms with E-state index in [1.165, 1.54) is 48.5 Å². The Balaban J connectivity index is 2.07. The summed E-state index contributed by atoms with van der Waals surface area (Å²) in [6, 6.07) is 13.1. The van der Waals surface area contributed by atoms with Crippen LogP contribution in [0.5, 0.6) is 0 Å². The number of nitrogens with one attached hydrogen (secondary N) is 2. The molecule has 2 aromatic carbocycles. The van der Waals surface area contributed by atoms with Gasteiger partial charge in [-0.1, -0.05) is 6.07 Å². The zero-order chi connectivity index (χ0) is 19.2. The number of rotatable bonds is 7. The lowest BCUT2D eigenvalue weighted by Crippen LogP contribution is -2.25. The van der Waals surface area contributed by atoms with Crippen molar-refractivity contribution in [3.63, 3.8) is 0 Å². The van der Waals surface area contributed by atoms with E-state index in [1.54, 1.807) is 0 Å². The van der Waals surface area contributed by atoms with Crippen LogP contribution in [-0.2, 0) is 14.8 Å². The Bertz CT molecular complexity index is 963. The van der Waals surface area contributed by atoms with E-state index >= 15 is 0 Å². The Hall–Kier alpha value is -3.38. The molecular formula is C17H15N3O5S. The Morgan fingerprint density at radius 1 is 1.12 bits per heavy atom. The van der Waals surface area contributed by atoms with Gasteiger partial charge in [-0.2, -0.15) is 5.26 Å². The van der Waals surface area contributed by atoms with Crippen molar-refractivity contribution < 1.29 is 23.1 Å². The standard InChI is InChI=1S/C17H15N3O5S/c18-11-12-2-1-3-15(10-12)26(24,25)20-14-6-4-13(5-7-14)17(23)19-9-8-16(21)22/h1-7,10,20H,8-9H2,(H,19,23)(H,21,22). The molecular weight excluding hydrogens is 358 g/mol. The van der Waals surface area contributed by atoms with E-state index in [0.717, 1.165) is 0 Å². The molecule has 0 aliphatic carbocycles. The van der Waals surface area contributed by atoms with Crippen LogP contribution in [0.3, 0.4) is 0 Å². The van der Waals surface area contributed by atoms with Crippen molar-refractivity contribution in [2.24, 2.45) is 0 Å². The van der Waals surface area contributed by atoms with Gasteiger partial charge in [0.05, 0.1) is 22.9 Å². The summed E-state index contributed by atoms with van der Waals surface area (Å²) in [7, 11) is -3.87. The molecule has 0 radical (unpaired) electrons. The van der Waals surface area contributed by atoms with Crippen molar-refractivity contribution in [3.05, 3.63) is 59.7 Å². The van der Waals surface area contributed by atoms with Crippen LogP contribution in [0.2, 0.25) is 0 Å². The number of carbonyl (C=O) groups is 2. The van der Waals surface area contributed by atoms with Crippen LogP contribution in [0.15, 0.2) is 53.4 Å². The lowest BCUT2D eigenvalue weighted by Gasteiger charge is -2.09. The van der Waals surface area contributed by atoms with Crippen LogP contribution in [0.25, 0.3) is 0 Å². The number of sulfonamides is 1. The molecule has 0 heterocycles. The number of anilines is 1. The van der Waals surface area contributed by atoms with Gasteiger partial charge in [0.2, 0.25) is 0 Å². The van der Waals surface area contributed by atoms with E-state index in [4.69, 9.17) is 10.4 Å².